The summed E-state index contributed by atoms with van der Waals surface area (Å²) in [6.45, 7) is 2.01. The molecular formula is C28H19Cl2NO2. The van der Waals surface area contributed by atoms with Crippen molar-refractivity contribution in [3.63, 3.8) is 0 Å². The van der Waals surface area contributed by atoms with Gasteiger partial charge in [-0.15, -0.1) is 0 Å². The molecule has 3 nitrogen and oxygen atoms in total. The van der Waals surface area contributed by atoms with Crippen LogP contribution in [0.15, 0.2) is 101 Å². The maximum atomic E-state index is 13.5. The van der Waals surface area contributed by atoms with Gasteiger partial charge in [0.25, 0.3) is 5.91 Å². The lowest BCUT2D eigenvalue weighted by atomic mass is 10.1. The number of benzene rings is 3. The number of carbonyl (C=O) groups is 1. The summed E-state index contributed by atoms with van der Waals surface area (Å²) in [7, 11) is 0. The number of nitrogens with zero attached hydrogens (tertiary/aromatic N) is 1. The first-order valence-corrected chi connectivity index (χ1v) is 11.2. The third kappa shape index (κ3) is 4.25. The van der Waals surface area contributed by atoms with Gasteiger partial charge in [-0.2, -0.15) is 0 Å². The van der Waals surface area contributed by atoms with Crippen molar-refractivity contribution < 1.29 is 9.21 Å². The molecule has 0 saturated carbocycles. The van der Waals surface area contributed by atoms with Gasteiger partial charge in [0.15, 0.2) is 0 Å². The Bertz CT molecular complexity index is 1420. The van der Waals surface area contributed by atoms with E-state index in [1.54, 1.807) is 23.1 Å². The Hall–Kier alpha value is -3.53. The van der Waals surface area contributed by atoms with E-state index < -0.39 is 0 Å². The van der Waals surface area contributed by atoms with Crippen LogP contribution >= 0.6 is 23.2 Å². The van der Waals surface area contributed by atoms with Crippen LogP contribution < -0.4 is 4.90 Å². The van der Waals surface area contributed by atoms with Gasteiger partial charge in [0, 0.05) is 16.8 Å². The van der Waals surface area contributed by atoms with Gasteiger partial charge in [-0.05, 0) is 72.7 Å². The molecule has 162 valence electrons. The molecule has 5 heteroatoms. The van der Waals surface area contributed by atoms with Crippen LogP contribution in [0.1, 0.15) is 16.9 Å². The van der Waals surface area contributed by atoms with Gasteiger partial charge in [-0.1, -0.05) is 65.7 Å². The zero-order valence-corrected chi connectivity index (χ0v) is 19.3. The number of halogens is 2. The summed E-state index contributed by atoms with van der Waals surface area (Å²) in [6.07, 6.45) is 3.67. The molecule has 0 bridgehead atoms. The van der Waals surface area contributed by atoms with E-state index in [1.807, 2.05) is 85.8 Å². The van der Waals surface area contributed by atoms with Gasteiger partial charge in [0.05, 0.1) is 15.7 Å². The molecule has 2 heterocycles. The maximum Gasteiger partial charge on any atom is 0.263 e. The van der Waals surface area contributed by atoms with Crippen LogP contribution in [-0.4, -0.2) is 5.91 Å². The van der Waals surface area contributed by atoms with E-state index in [-0.39, 0.29) is 5.91 Å². The molecular weight excluding hydrogens is 453 g/mol. The highest BCUT2D eigenvalue weighted by Crippen LogP contribution is 2.36. The highest BCUT2D eigenvalue weighted by Gasteiger charge is 2.30. The van der Waals surface area contributed by atoms with Crippen LogP contribution in [0, 0.1) is 6.92 Å². The summed E-state index contributed by atoms with van der Waals surface area (Å²) in [5.74, 6) is 1.12. The molecule has 0 radical (unpaired) electrons. The lowest BCUT2D eigenvalue weighted by Gasteiger charge is -2.21. The first-order valence-electron chi connectivity index (χ1n) is 10.4. The summed E-state index contributed by atoms with van der Waals surface area (Å²) in [5.41, 5.74) is 5.07. The van der Waals surface area contributed by atoms with Crippen molar-refractivity contribution in [2.24, 2.45) is 0 Å². The summed E-state index contributed by atoms with van der Waals surface area (Å²) < 4.78 is 6.00. The second-order valence-electron chi connectivity index (χ2n) is 7.81. The highest BCUT2D eigenvalue weighted by molar-refractivity contribution is 6.42. The maximum absolute atomic E-state index is 13.5. The lowest BCUT2D eigenvalue weighted by molar-refractivity contribution is -0.113. The zero-order valence-electron chi connectivity index (χ0n) is 17.8. The summed E-state index contributed by atoms with van der Waals surface area (Å²) >= 11 is 12.2. The van der Waals surface area contributed by atoms with E-state index in [0.717, 1.165) is 28.1 Å². The van der Waals surface area contributed by atoms with Crippen LogP contribution in [0.25, 0.3) is 23.1 Å². The van der Waals surface area contributed by atoms with Crippen LogP contribution in [0.4, 0.5) is 5.69 Å². The number of hydrogen-bond donors (Lipinski definition) is 0. The van der Waals surface area contributed by atoms with E-state index in [1.165, 1.54) is 0 Å². The molecule has 0 aliphatic carbocycles. The molecule has 1 aromatic heterocycles. The second kappa shape index (κ2) is 8.78. The van der Waals surface area contributed by atoms with Gasteiger partial charge >= 0.3 is 0 Å². The highest BCUT2D eigenvalue weighted by atomic mass is 35.5. The number of rotatable bonds is 4. The summed E-state index contributed by atoms with van der Waals surface area (Å²) in [6, 6.07) is 26.8. The predicted octanol–water partition coefficient (Wildman–Crippen LogP) is 8.03. The minimum absolute atomic E-state index is 0.105. The quantitative estimate of drug-likeness (QED) is 0.282. The molecule has 0 spiro atoms. The zero-order chi connectivity index (χ0) is 22.9. The monoisotopic (exact) mass is 471 g/mol. The average molecular weight is 472 g/mol. The van der Waals surface area contributed by atoms with E-state index >= 15 is 0 Å². The van der Waals surface area contributed by atoms with Crippen LogP contribution in [-0.2, 0) is 4.79 Å². The molecule has 5 rings (SSSR count). The number of anilines is 1. The minimum atomic E-state index is -0.105. The van der Waals surface area contributed by atoms with E-state index in [9.17, 15) is 4.79 Å². The third-order valence-corrected chi connectivity index (χ3v) is 6.18. The molecule has 1 aliphatic heterocycles. The average Bonchev–Trinajstić information content (AvgIpc) is 3.41. The molecule has 0 atom stereocenters. The minimum Gasteiger partial charge on any atom is -0.457 e. The van der Waals surface area contributed by atoms with E-state index in [4.69, 9.17) is 27.6 Å². The normalized spacial score (nSPS) is 14.8. The fourth-order valence-corrected chi connectivity index (χ4v) is 4.15. The topological polar surface area (TPSA) is 33.5 Å². The number of aryl methyl sites for hydroxylation is 1. The first kappa shape index (κ1) is 21.3. The Balaban J connectivity index is 1.54. The van der Waals surface area contributed by atoms with Crippen LogP contribution in [0.3, 0.4) is 0 Å². The molecule has 1 amide bonds. The fraction of sp³-hybridized carbons (Fsp3) is 0.0357. The Morgan fingerprint density at radius 3 is 2.39 bits per heavy atom. The third-order valence-electron chi connectivity index (χ3n) is 5.44. The second-order valence-corrected chi connectivity index (χ2v) is 8.62. The van der Waals surface area contributed by atoms with E-state index in [2.05, 4.69) is 0 Å². The molecule has 4 aromatic rings. The molecule has 0 fully saturated rings. The smallest absolute Gasteiger partial charge is 0.263 e. The Kier molecular flexibility index (Phi) is 5.67. The van der Waals surface area contributed by atoms with Crippen molar-refractivity contribution in [1.82, 2.24) is 0 Å². The standard InChI is InChI=1S/C28H19Cl2NO2/c1-18-6-5-9-22(14-18)31-26(19-7-3-2-4-8-19)17-21(28(31)32)15-23-11-13-27(33-23)20-10-12-24(29)25(30)16-20/h2-17H,1H3/b21-15+. The van der Waals surface area contributed by atoms with Crippen molar-refractivity contribution in [2.75, 3.05) is 4.90 Å². The number of carbonyl (C=O) groups excluding carboxylic acids is 1. The summed E-state index contributed by atoms with van der Waals surface area (Å²) in [4.78, 5) is 15.2. The van der Waals surface area contributed by atoms with Crippen molar-refractivity contribution in [3.8, 4) is 11.3 Å². The van der Waals surface area contributed by atoms with Crippen molar-refractivity contribution in [1.29, 1.82) is 0 Å². The largest absolute Gasteiger partial charge is 0.457 e. The summed E-state index contributed by atoms with van der Waals surface area (Å²) in [5, 5.41) is 0.946. The van der Waals surface area contributed by atoms with Crippen LogP contribution in [0.5, 0.6) is 0 Å². The van der Waals surface area contributed by atoms with Gasteiger partial charge in [-0.3, -0.25) is 9.69 Å². The number of furan rings is 1. The molecule has 0 saturated heterocycles. The van der Waals surface area contributed by atoms with Gasteiger partial charge in [-0.25, -0.2) is 0 Å². The van der Waals surface area contributed by atoms with Gasteiger partial charge in [0.1, 0.15) is 11.5 Å². The number of hydrogen-bond acceptors (Lipinski definition) is 2. The molecule has 3 aromatic carbocycles. The Morgan fingerprint density at radius 1 is 0.818 bits per heavy atom. The molecule has 33 heavy (non-hydrogen) atoms. The van der Waals surface area contributed by atoms with Crippen LogP contribution in [0.2, 0.25) is 10.0 Å². The van der Waals surface area contributed by atoms with Crippen molar-refractivity contribution >= 4 is 46.6 Å². The number of amides is 1. The predicted molar refractivity (Wildman–Crippen MR) is 135 cm³/mol. The molecule has 0 unspecified atom stereocenters. The van der Waals surface area contributed by atoms with E-state index in [0.29, 0.717) is 27.1 Å². The first-order chi connectivity index (χ1) is 16.0. The fourth-order valence-electron chi connectivity index (χ4n) is 3.85. The van der Waals surface area contributed by atoms with Crippen molar-refractivity contribution in [3.05, 3.63) is 124 Å². The molecule has 0 N–H and O–H groups in total. The lowest BCUT2D eigenvalue weighted by Crippen LogP contribution is -2.24. The van der Waals surface area contributed by atoms with Crippen molar-refractivity contribution in [2.45, 2.75) is 6.92 Å². The molecule has 1 aliphatic rings. The Morgan fingerprint density at radius 2 is 1.64 bits per heavy atom. The van der Waals surface area contributed by atoms with Gasteiger partial charge in [0.2, 0.25) is 0 Å². The Labute approximate surface area is 202 Å². The SMILES string of the molecule is Cc1cccc(N2C(=O)/C(=C/c3ccc(-c4ccc(Cl)c(Cl)c4)o3)C=C2c2ccccc2)c1. The van der Waals surface area contributed by atoms with Gasteiger partial charge < -0.3 is 4.42 Å².